The molecule has 19 heavy (non-hydrogen) atoms. The van der Waals surface area contributed by atoms with Gasteiger partial charge >= 0.3 is 0 Å². The number of nitrogens with two attached hydrogens (primary N) is 1. The number of fused-ring (bicyclic) bond motifs is 1. The quantitative estimate of drug-likeness (QED) is 0.891. The van der Waals surface area contributed by atoms with E-state index in [1.165, 1.54) is 47.7 Å². The van der Waals surface area contributed by atoms with Crippen LogP contribution >= 0.6 is 0 Å². The summed E-state index contributed by atoms with van der Waals surface area (Å²) in [4.78, 5) is 0. The largest absolute Gasteiger partial charge is 0.350 e. The predicted molar refractivity (Wildman–Crippen MR) is 81.4 cm³/mol. The van der Waals surface area contributed by atoms with E-state index in [-0.39, 0.29) is 0 Å². The van der Waals surface area contributed by atoms with Crippen molar-refractivity contribution >= 4 is 10.9 Å². The van der Waals surface area contributed by atoms with Gasteiger partial charge in [0.2, 0.25) is 0 Å². The molecule has 0 amide bonds. The SMILES string of the molecule is Cc1ccc2c(c1)c(C(CN)C1CCCC1)cn2C. The number of hydrogen-bond donors (Lipinski definition) is 1. The molecule has 2 nitrogen and oxygen atoms in total. The molecule has 1 unspecified atom stereocenters. The molecule has 0 aliphatic heterocycles. The maximum Gasteiger partial charge on any atom is 0.0480 e. The Morgan fingerprint density at radius 2 is 2.05 bits per heavy atom. The predicted octanol–water partition coefficient (Wildman–Crippen LogP) is 3.72. The van der Waals surface area contributed by atoms with Gasteiger partial charge < -0.3 is 10.3 Å². The van der Waals surface area contributed by atoms with Crippen LogP contribution in [0.5, 0.6) is 0 Å². The lowest BCUT2D eigenvalue weighted by Gasteiger charge is -2.21. The van der Waals surface area contributed by atoms with Gasteiger partial charge in [0.05, 0.1) is 0 Å². The van der Waals surface area contributed by atoms with Crippen LogP contribution in [0.3, 0.4) is 0 Å². The first-order valence-electron chi connectivity index (χ1n) is 7.46. The number of hydrogen-bond acceptors (Lipinski definition) is 1. The molecule has 1 aliphatic carbocycles. The molecule has 1 aliphatic rings. The third-order valence-electron chi connectivity index (χ3n) is 4.80. The van der Waals surface area contributed by atoms with Gasteiger partial charge in [-0.15, -0.1) is 0 Å². The van der Waals surface area contributed by atoms with E-state index in [1.54, 1.807) is 0 Å². The van der Waals surface area contributed by atoms with Crippen molar-refractivity contribution in [2.75, 3.05) is 6.54 Å². The molecule has 0 saturated heterocycles. The smallest absolute Gasteiger partial charge is 0.0480 e. The normalized spacial score (nSPS) is 18.3. The lowest BCUT2D eigenvalue weighted by Crippen LogP contribution is -2.19. The van der Waals surface area contributed by atoms with Gasteiger partial charge in [-0.25, -0.2) is 0 Å². The summed E-state index contributed by atoms with van der Waals surface area (Å²) in [6.45, 7) is 2.95. The molecule has 1 saturated carbocycles. The van der Waals surface area contributed by atoms with E-state index < -0.39 is 0 Å². The number of aromatic nitrogens is 1. The van der Waals surface area contributed by atoms with Crippen molar-refractivity contribution in [1.82, 2.24) is 4.57 Å². The summed E-state index contributed by atoms with van der Waals surface area (Å²) in [6.07, 6.45) is 7.77. The maximum absolute atomic E-state index is 6.11. The monoisotopic (exact) mass is 256 g/mol. The van der Waals surface area contributed by atoms with Crippen molar-refractivity contribution in [2.24, 2.45) is 18.7 Å². The van der Waals surface area contributed by atoms with Crippen LogP contribution in [0.25, 0.3) is 10.9 Å². The average Bonchev–Trinajstić information content (AvgIpc) is 3.01. The summed E-state index contributed by atoms with van der Waals surface area (Å²) < 4.78 is 2.25. The van der Waals surface area contributed by atoms with E-state index >= 15 is 0 Å². The standard InChI is InChI=1S/C17H24N2/c1-12-7-8-17-14(9-12)16(11-19(17)2)15(10-18)13-5-3-4-6-13/h7-9,11,13,15H,3-6,10,18H2,1-2H3. The Morgan fingerprint density at radius 1 is 1.32 bits per heavy atom. The van der Waals surface area contributed by atoms with Crippen LogP contribution in [0.1, 0.15) is 42.7 Å². The van der Waals surface area contributed by atoms with Crippen LogP contribution in [0.2, 0.25) is 0 Å². The van der Waals surface area contributed by atoms with Gasteiger partial charge in [-0.05, 0) is 49.9 Å². The van der Waals surface area contributed by atoms with Crippen LogP contribution in [-0.4, -0.2) is 11.1 Å². The van der Waals surface area contributed by atoms with E-state index in [0.29, 0.717) is 5.92 Å². The topological polar surface area (TPSA) is 30.9 Å². The van der Waals surface area contributed by atoms with Crippen molar-refractivity contribution in [1.29, 1.82) is 0 Å². The maximum atomic E-state index is 6.11. The molecule has 1 aromatic carbocycles. The Balaban J connectivity index is 2.09. The highest BCUT2D eigenvalue weighted by atomic mass is 14.9. The summed E-state index contributed by atoms with van der Waals surface area (Å²) >= 11 is 0. The minimum Gasteiger partial charge on any atom is -0.350 e. The lowest BCUT2D eigenvalue weighted by molar-refractivity contribution is 0.442. The van der Waals surface area contributed by atoms with E-state index in [0.717, 1.165) is 12.5 Å². The van der Waals surface area contributed by atoms with Gasteiger partial charge in [0, 0.05) is 30.1 Å². The summed E-state index contributed by atoms with van der Waals surface area (Å²) in [5.74, 6) is 1.32. The Morgan fingerprint density at radius 3 is 2.74 bits per heavy atom. The number of aryl methyl sites for hydroxylation is 2. The van der Waals surface area contributed by atoms with Gasteiger partial charge in [-0.1, -0.05) is 24.5 Å². The van der Waals surface area contributed by atoms with E-state index in [2.05, 4.69) is 42.9 Å². The molecule has 102 valence electrons. The van der Waals surface area contributed by atoms with Crippen LogP contribution in [0.4, 0.5) is 0 Å². The highest BCUT2D eigenvalue weighted by Crippen LogP contribution is 2.39. The highest BCUT2D eigenvalue weighted by molar-refractivity contribution is 5.85. The van der Waals surface area contributed by atoms with Gasteiger partial charge in [0.25, 0.3) is 0 Å². The molecule has 0 bridgehead atoms. The van der Waals surface area contributed by atoms with Crippen molar-refractivity contribution < 1.29 is 0 Å². The van der Waals surface area contributed by atoms with Crippen LogP contribution < -0.4 is 5.73 Å². The van der Waals surface area contributed by atoms with Crippen LogP contribution in [0.15, 0.2) is 24.4 Å². The molecular weight excluding hydrogens is 232 g/mol. The molecule has 0 spiro atoms. The van der Waals surface area contributed by atoms with Crippen molar-refractivity contribution in [2.45, 2.75) is 38.5 Å². The average molecular weight is 256 g/mol. The Bertz CT molecular complexity index is 576. The first-order chi connectivity index (χ1) is 9.20. The minimum atomic E-state index is 0.535. The highest BCUT2D eigenvalue weighted by Gasteiger charge is 2.27. The fourth-order valence-electron chi connectivity index (χ4n) is 3.76. The number of nitrogens with zero attached hydrogens (tertiary/aromatic N) is 1. The zero-order valence-corrected chi connectivity index (χ0v) is 12.0. The molecule has 2 N–H and O–H groups in total. The second kappa shape index (κ2) is 5.01. The Hall–Kier alpha value is -1.28. The van der Waals surface area contributed by atoms with E-state index in [4.69, 9.17) is 5.73 Å². The second-order valence-corrected chi connectivity index (χ2v) is 6.10. The van der Waals surface area contributed by atoms with Crippen molar-refractivity contribution in [3.8, 4) is 0 Å². The Labute approximate surface area is 115 Å². The van der Waals surface area contributed by atoms with Gasteiger partial charge in [0.15, 0.2) is 0 Å². The number of rotatable bonds is 3. The van der Waals surface area contributed by atoms with Gasteiger partial charge in [-0.2, -0.15) is 0 Å². The molecule has 2 aromatic rings. The second-order valence-electron chi connectivity index (χ2n) is 6.10. The summed E-state index contributed by atoms with van der Waals surface area (Å²) in [6, 6.07) is 6.75. The zero-order chi connectivity index (χ0) is 13.4. The summed E-state index contributed by atoms with van der Waals surface area (Å²) in [7, 11) is 2.14. The summed E-state index contributed by atoms with van der Waals surface area (Å²) in [5.41, 5.74) is 10.2. The molecule has 0 radical (unpaired) electrons. The number of benzene rings is 1. The molecular formula is C17H24N2. The zero-order valence-electron chi connectivity index (χ0n) is 12.0. The minimum absolute atomic E-state index is 0.535. The molecule has 1 atom stereocenters. The van der Waals surface area contributed by atoms with Crippen molar-refractivity contribution in [3.05, 3.63) is 35.5 Å². The van der Waals surface area contributed by atoms with E-state index in [1.807, 2.05) is 0 Å². The fourth-order valence-corrected chi connectivity index (χ4v) is 3.76. The lowest BCUT2D eigenvalue weighted by atomic mass is 9.84. The molecule has 1 heterocycles. The van der Waals surface area contributed by atoms with Crippen LogP contribution in [-0.2, 0) is 7.05 Å². The summed E-state index contributed by atoms with van der Waals surface area (Å²) in [5, 5.41) is 1.41. The van der Waals surface area contributed by atoms with E-state index in [9.17, 15) is 0 Å². The van der Waals surface area contributed by atoms with Crippen LogP contribution in [0, 0.1) is 12.8 Å². The first-order valence-corrected chi connectivity index (χ1v) is 7.46. The molecule has 2 heteroatoms. The van der Waals surface area contributed by atoms with Gasteiger partial charge in [-0.3, -0.25) is 0 Å². The van der Waals surface area contributed by atoms with Gasteiger partial charge in [0.1, 0.15) is 0 Å². The molecule has 1 aromatic heterocycles. The Kier molecular flexibility index (Phi) is 3.36. The fraction of sp³-hybridized carbons (Fsp3) is 0.529. The van der Waals surface area contributed by atoms with Crippen molar-refractivity contribution in [3.63, 3.8) is 0 Å². The molecule has 3 rings (SSSR count). The molecule has 1 fully saturated rings. The third-order valence-corrected chi connectivity index (χ3v) is 4.80. The first kappa shape index (κ1) is 12.7. The third kappa shape index (κ3) is 2.18.